The lowest BCUT2D eigenvalue weighted by atomic mass is 9.86. The highest BCUT2D eigenvalue weighted by atomic mass is 16.6. The summed E-state index contributed by atoms with van der Waals surface area (Å²) in [6.07, 6.45) is 9.66. The van der Waals surface area contributed by atoms with E-state index in [9.17, 15) is 9.90 Å². The number of carbonyl (C=O) groups excluding carboxylic acids is 1. The summed E-state index contributed by atoms with van der Waals surface area (Å²) in [4.78, 5) is 19.7. The fraction of sp³-hybridized carbons (Fsp3) is 0.359. The number of benzene rings is 3. The molecule has 8 rings (SSSR count). The lowest BCUT2D eigenvalue weighted by Crippen LogP contribution is -2.45. The van der Waals surface area contributed by atoms with Gasteiger partial charge in [0.1, 0.15) is 5.76 Å². The molecule has 2 amide bonds. The van der Waals surface area contributed by atoms with Gasteiger partial charge in [-0.15, -0.1) is 0 Å². The van der Waals surface area contributed by atoms with Crippen molar-refractivity contribution in [3.05, 3.63) is 99.3 Å². The molecule has 7 bridgehead atoms. The Balaban J connectivity index is 1.35. The molecule has 1 N–H and O–H groups in total. The Bertz CT molecular complexity index is 1940. The highest BCUT2D eigenvalue weighted by molar-refractivity contribution is 5.76. The van der Waals surface area contributed by atoms with E-state index in [0.29, 0.717) is 60.3 Å². The molecule has 0 saturated carbocycles. The van der Waals surface area contributed by atoms with Gasteiger partial charge in [0.2, 0.25) is 5.75 Å². The minimum atomic E-state index is -0.323. The van der Waals surface area contributed by atoms with Crippen LogP contribution in [0.1, 0.15) is 59.7 Å². The maximum atomic E-state index is 13.8. The van der Waals surface area contributed by atoms with E-state index < -0.39 is 0 Å². The molecule has 4 aliphatic heterocycles. The Morgan fingerprint density at radius 1 is 0.917 bits per heavy atom. The lowest BCUT2D eigenvalue weighted by molar-refractivity contribution is 0.142. The Labute approximate surface area is 281 Å². The standard InChI is InChI=1S/C39H41N3O6/c1-22-14-23-6-8-27(15-22)46-32-18-24(7-9-31(32)43)16-29-28-21-34-33(19-25(28)10-12-41(29)4)47-37-35(45-5)20-26-11-13-42(39(44)40(2)3)30(17-23)36(26)38(37)48-34/h6-9,14,18-21,29-30,43H,10-13,15-17H2,1-5H3/t29-,30?/m0/s1. The molecule has 1 aliphatic carbocycles. The normalized spacial score (nSPS) is 20.9. The predicted molar refractivity (Wildman–Crippen MR) is 182 cm³/mol. The van der Waals surface area contributed by atoms with Crippen molar-refractivity contribution in [3.8, 4) is 40.2 Å². The molecule has 9 heteroatoms. The molecule has 4 heterocycles. The molecule has 0 radical (unpaired) electrons. The van der Waals surface area contributed by atoms with E-state index in [1.807, 2.05) is 23.1 Å². The number of ether oxygens (including phenoxy) is 4. The number of likely N-dealkylation sites (N-methyl/N-ethyl adjacent to an activating group) is 1. The topological polar surface area (TPSA) is 83.9 Å². The van der Waals surface area contributed by atoms with E-state index in [1.54, 1.807) is 32.2 Å². The van der Waals surface area contributed by atoms with Gasteiger partial charge in [0, 0.05) is 45.2 Å². The first kappa shape index (κ1) is 30.4. The van der Waals surface area contributed by atoms with E-state index in [2.05, 4.69) is 49.2 Å². The summed E-state index contributed by atoms with van der Waals surface area (Å²) in [6.45, 7) is 3.54. The Hall–Kier alpha value is -4.89. The molecule has 3 aromatic carbocycles. The van der Waals surface area contributed by atoms with Crippen LogP contribution in [-0.2, 0) is 19.3 Å². The monoisotopic (exact) mass is 647 g/mol. The summed E-state index contributed by atoms with van der Waals surface area (Å²) >= 11 is 0. The largest absolute Gasteiger partial charge is 0.504 e. The van der Waals surface area contributed by atoms with Crippen LogP contribution in [0.4, 0.5) is 4.79 Å². The van der Waals surface area contributed by atoms with Crippen LogP contribution in [0, 0.1) is 0 Å². The smallest absolute Gasteiger partial charge is 0.320 e. The van der Waals surface area contributed by atoms with Crippen LogP contribution in [0.15, 0.2) is 71.5 Å². The minimum Gasteiger partial charge on any atom is -0.504 e. The van der Waals surface area contributed by atoms with Crippen LogP contribution in [0.5, 0.6) is 40.2 Å². The molecule has 248 valence electrons. The van der Waals surface area contributed by atoms with Crippen molar-refractivity contribution < 1.29 is 28.8 Å². The highest BCUT2D eigenvalue weighted by Gasteiger charge is 2.40. The Morgan fingerprint density at radius 3 is 2.52 bits per heavy atom. The summed E-state index contributed by atoms with van der Waals surface area (Å²) in [5.74, 6) is 4.38. The molecule has 0 spiro atoms. The highest BCUT2D eigenvalue weighted by Crippen LogP contribution is 2.57. The van der Waals surface area contributed by atoms with Crippen LogP contribution < -0.4 is 18.9 Å². The van der Waals surface area contributed by atoms with Gasteiger partial charge in [0.05, 0.1) is 13.2 Å². The summed E-state index contributed by atoms with van der Waals surface area (Å²) in [5.41, 5.74) is 7.68. The molecule has 2 atom stereocenters. The minimum absolute atomic E-state index is 0.0562. The average Bonchev–Trinajstić information content (AvgIpc) is 3.24. The van der Waals surface area contributed by atoms with Gasteiger partial charge in [-0.25, -0.2) is 4.79 Å². The van der Waals surface area contributed by atoms with Crippen LogP contribution in [0.2, 0.25) is 0 Å². The maximum Gasteiger partial charge on any atom is 0.320 e. The van der Waals surface area contributed by atoms with Crippen molar-refractivity contribution in [2.45, 2.75) is 51.1 Å². The number of nitrogens with zero attached hydrogens (tertiary/aromatic N) is 3. The summed E-state index contributed by atoms with van der Waals surface area (Å²) in [5, 5.41) is 10.8. The van der Waals surface area contributed by atoms with Gasteiger partial charge in [-0.1, -0.05) is 23.8 Å². The number of methoxy groups -OCH3 is 1. The van der Waals surface area contributed by atoms with Crippen LogP contribution >= 0.6 is 0 Å². The second-order valence-electron chi connectivity index (χ2n) is 13.7. The van der Waals surface area contributed by atoms with Crippen molar-refractivity contribution in [1.29, 1.82) is 0 Å². The van der Waals surface area contributed by atoms with Crippen LogP contribution in [-0.4, -0.2) is 67.2 Å². The van der Waals surface area contributed by atoms with Crippen LogP contribution in [0.25, 0.3) is 0 Å². The zero-order chi connectivity index (χ0) is 33.3. The van der Waals surface area contributed by atoms with Crippen molar-refractivity contribution >= 4 is 6.03 Å². The summed E-state index contributed by atoms with van der Waals surface area (Å²) in [7, 11) is 7.40. The van der Waals surface area contributed by atoms with E-state index in [1.165, 1.54) is 11.1 Å². The van der Waals surface area contributed by atoms with Gasteiger partial charge >= 0.3 is 6.03 Å². The predicted octanol–water partition coefficient (Wildman–Crippen LogP) is 7.59. The van der Waals surface area contributed by atoms with Gasteiger partial charge in [-0.3, -0.25) is 4.90 Å². The van der Waals surface area contributed by atoms with Crippen molar-refractivity contribution in [3.63, 3.8) is 0 Å². The summed E-state index contributed by atoms with van der Waals surface area (Å²) < 4.78 is 26.0. The Morgan fingerprint density at radius 2 is 1.71 bits per heavy atom. The first-order valence-electron chi connectivity index (χ1n) is 16.7. The lowest BCUT2D eigenvalue weighted by Gasteiger charge is -2.41. The molecular weight excluding hydrogens is 606 g/mol. The molecule has 0 fully saturated rings. The van der Waals surface area contributed by atoms with Crippen molar-refractivity contribution in [2.75, 3.05) is 41.3 Å². The number of amides is 2. The zero-order valence-electron chi connectivity index (χ0n) is 28.1. The molecule has 9 nitrogen and oxygen atoms in total. The number of hydrogen-bond acceptors (Lipinski definition) is 7. The molecule has 1 unspecified atom stereocenters. The van der Waals surface area contributed by atoms with E-state index in [-0.39, 0.29) is 23.9 Å². The number of urea groups is 1. The molecule has 3 aromatic rings. The number of hydrogen-bond donors (Lipinski definition) is 1. The van der Waals surface area contributed by atoms with Crippen molar-refractivity contribution in [1.82, 2.24) is 14.7 Å². The molecular formula is C39H41N3O6. The van der Waals surface area contributed by atoms with Crippen LogP contribution in [0.3, 0.4) is 0 Å². The van der Waals surface area contributed by atoms with Gasteiger partial charge in [0.15, 0.2) is 34.5 Å². The third kappa shape index (κ3) is 5.17. The first-order valence-corrected chi connectivity index (χ1v) is 16.7. The number of phenols is 1. The van der Waals surface area contributed by atoms with Gasteiger partial charge in [0.25, 0.3) is 0 Å². The van der Waals surface area contributed by atoms with E-state index in [0.717, 1.165) is 53.0 Å². The second-order valence-corrected chi connectivity index (χ2v) is 13.7. The Kier molecular flexibility index (Phi) is 7.40. The van der Waals surface area contributed by atoms with Gasteiger partial charge < -0.3 is 33.9 Å². The number of rotatable bonds is 1. The van der Waals surface area contributed by atoms with Gasteiger partial charge in [-0.05, 0) is 104 Å². The first-order chi connectivity index (χ1) is 23.2. The second kappa shape index (κ2) is 11.7. The number of allylic oxidation sites excluding steroid dienone is 4. The third-order valence-electron chi connectivity index (χ3n) is 10.3. The van der Waals surface area contributed by atoms with E-state index in [4.69, 9.17) is 18.9 Å². The molecule has 5 aliphatic rings. The number of aromatic hydroxyl groups is 1. The fourth-order valence-electron chi connectivity index (χ4n) is 7.84. The maximum absolute atomic E-state index is 13.8. The van der Waals surface area contributed by atoms with Gasteiger partial charge in [-0.2, -0.15) is 0 Å². The van der Waals surface area contributed by atoms with Crippen molar-refractivity contribution in [2.24, 2.45) is 0 Å². The average molecular weight is 648 g/mol. The quantitative estimate of drug-likeness (QED) is 0.228. The third-order valence-corrected chi connectivity index (χ3v) is 10.3. The SMILES string of the molecule is COc1cc2c3c4c1Oc1cc5c(cc1O4)[C@H](Cc1ccc(O)c(c1)OC1=CC=C(C=C(C)C1)CC3N(C(=O)N(C)C)CC2)N(C)CC5. The van der Waals surface area contributed by atoms with E-state index >= 15 is 0 Å². The summed E-state index contributed by atoms with van der Waals surface area (Å²) in [6, 6.07) is 11.6. The molecule has 0 aromatic heterocycles. The number of phenolic OH excluding ortho intramolecular Hbond substituents is 1. The molecule has 48 heavy (non-hydrogen) atoms. The fourth-order valence-corrected chi connectivity index (χ4v) is 7.84. The number of fused-ring (bicyclic) bond motifs is 3. The molecule has 0 saturated heterocycles. The zero-order valence-corrected chi connectivity index (χ0v) is 28.1. The number of carbonyl (C=O) groups is 1.